The third kappa shape index (κ3) is 4.30. The molecule has 0 aliphatic carbocycles. The van der Waals surface area contributed by atoms with Crippen LogP contribution in [0.3, 0.4) is 0 Å². The van der Waals surface area contributed by atoms with E-state index >= 15 is 0 Å². The van der Waals surface area contributed by atoms with Crippen molar-refractivity contribution in [3.8, 4) is 11.5 Å². The van der Waals surface area contributed by atoms with Gasteiger partial charge in [0.1, 0.15) is 11.5 Å². The first-order valence-electron chi connectivity index (χ1n) is 6.38. The Morgan fingerprint density at radius 1 is 1.06 bits per heavy atom. The van der Waals surface area contributed by atoms with Crippen molar-refractivity contribution >= 4 is 17.3 Å². The van der Waals surface area contributed by atoms with Gasteiger partial charge in [-0.05, 0) is 12.5 Å². The van der Waals surface area contributed by atoms with Crippen LogP contribution in [0.4, 0.5) is 5.69 Å². The van der Waals surface area contributed by atoms with E-state index in [1.807, 2.05) is 6.07 Å². The summed E-state index contributed by atoms with van der Waals surface area (Å²) in [4.78, 5) is 0. The molecule has 0 aliphatic heterocycles. The maximum atomic E-state index is 6.10. The Morgan fingerprint density at radius 3 is 2.39 bits per heavy atom. The van der Waals surface area contributed by atoms with E-state index in [1.165, 1.54) is 19.3 Å². The van der Waals surface area contributed by atoms with Gasteiger partial charge in [-0.2, -0.15) is 0 Å². The molecule has 0 atom stereocenters. The lowest BCUT2D eigenvalue weighted by Crippen LogP contribution is -2.03. The van der Waals surface area contributed by atoms with Gasteiger partial charge in [-0.15, -0.1) is 0 Å². The van der Waals surface area contributed by atoms with Crippen molar-refractivity contribution in [3.05, 3.63) is 17.2 Å². The summed E-state index contributed by atoms with van der Waals surface area (Å²) in [6.07, 6.45) is 4.93. The summed E-state index contributed by atoms with van der Waals surface area (Å²) in [5.41, 5.74) is 0.916. The molecule has 0 radical (unpaired) electrons. The molecule has 0 amide bonds. The summed E-state index contributed by atoms with van der Waals surface area (Å²) in [5, 5.41) is 3.94. The first-order valence-corrected chi connectivity index (χ1v) is 6.76. The van der Waals surface area contributed by atoms with Gasteiger partial charge in [-0.3, -0.25) is 0 Å². The van der Waals surface area contributed by atoms with Crippen molar-refractivity contribution in [3.63, 3.8) is 0 Å². The van der Waals surface area contributed by atoms with Gasteiger partial charge in [0.15, 0.2) is 0 Å². The molecule has 0 saturated heterocycles. The van der Waals surface area contributed by atoms with E-state index in [9.17, 15) is 0 Å². The summed E-state index contributed by atoms with van der Waals surface area (Å²) in [6.45, 7) is 3.14. The molecule has 1 rings (SSSR count). The number of benzene rings is 1. The van der Waals surface area contributed by atoms with Crippen molar-refractivity contribution in [2.75, 3.05) is 26.1 Å². The lowest BCUT2D eigenvalue weighted by molar-refractivity contribution is 0.395. The zero-order chi connectivity index (χ0) is 13.4. The highest BCUT2D eigenvalue weighted by Crippen LogP contribution is 2.35. The average molecular weight is 272 g/mol. The number of anilines is 1. The van der Waals surface area contributed by atoms with E-state index in [0.717, 1.165) is 24.4 Å². The van der Waals surface area contributed by atoms with Crippen molar-refractivity contribution in [2.45, 2.75) is 32.6 Å². The van der Waals surface area contributed by atoms with Gasteiger partial charge in [0.2, 0.25) is 0 Å². The van der Waals surface area contributed by atoms with Gasteiger partial charge in [0, 0.05) is 12.6 Å². The van der Waals surface area contributed by atoms with Crippen LogP contribution < -0.4 is 14.8 Å². The Morgan fingerprint density at radius 2 is 1.78 bits per heavy atom. The fourth-order valence-electron chi connectivity index (χ4n) is 1.77. The van der Waals surface area contributed by atoms with E-state index in [4.69, 9.17) is 21.1 Å². The zero-order valence-corrected chi connectivity index (χ0v) is 12.1. The van der Waals surface area contributed by atoms with Gasteiger partial charge in [0.25, 0.3) is 0 Å². The van der Waals surface area contributed by atoms with E-state index in [0.29, 0.717) is 10.8 Å². The van der Waals surface area contributed by atoms with E-state index in [1.54, 1.807) is 20.3 Å². The Labute approximate surface area is 114 Å². The molecular formula is C14H22ClNO2. The highest BCUT2D eigenvalue weighted by Gasteiger charge is 2.09. The lowest BCUT2D eigenvalue weighted by Gasteiger charge is -2.13. The van der Waals surface area contributed by atoms with Crippen LogP contribution in [0.5, 0.6) is 11.5 Å². The molecule has 3 nitrogen and oxygen atoms in total. The van der Waals surface area contributed by atoms with Crippen LogP contribution in [0, 0.1) is 0 Å². The second-order valence-electron chi connectivity index (χ2n) is 4.17. The van der Waals surface area contributed by atoms with Gasteiger partial charge in [0.05, 0.1) is 24.9 Å². The number of hydrogen-bond acceptors (Lipinski definition) is 3. The number of hydrogen-bond donors (Lipinski definition) is 1. The molecule has 0 fully saturated rings. The Balaban J connectivity index is 2.61. The summed E-state index contributed by atoms with van der Waals surface area (Å²) in [5.74, 6) is 1.39. The molecule has 1 N–H and O–H groups in total. The number of rotatable bonds is 8. The minimum atomic E-state index is 0.592. The van der Waals surface area contributed by atoms with Crippen LogP contribution in [0.25, 0.3) is 0 Å². The minimum Gasteiger partial charge on any atom is -0.495 e. The van der Waals surface area contributed by atoms with Crippen molar-refractivity contribution in [1.82, 2.24) is 0 Å². The average Bonchev–Trinajstić information content (AvgIpc) is 2.38. The number of halogens is 1. The Kier molecular flexibility index (Phi) is 6.73. The fraction of sp³-hybridized carbons (Fsp3) is 0.571. The fourth-order valence-corrected chi connectivity index (χ4v) is 2.01. The molecule has 0 aliphatic rings. The monoisotopic (exact) mass is 271 g/mol. The Hall–Kier alpha value is -1.09. The molecule has 0 unspecified atom stereocenters. The van der Waals surface area contributed by atoms with Gasteiger partial charge >= 0.3 is 0 Å². The predicted octanol–water partition coefficient (Wildman–Crippen LogP) is 4.35. The van der Waals surface area contributed by atoms with E-state index < -0.39 is 0 Å². The van der Waals surface area contributed by atoms with Crippen molar-refractivity contribution < 1.29 is 9.47 Å². The molecule has 0 saturated carbocycles. The molecule has 102 valence electrons. The second kappa shape index (κ2) is 8.09. The van der Waals surface area contributed by atoms with Gasteiger partial charge in [-0.25, -0.2) is 0 Å². The van der Waals surface area contributed by atoms with Gasteiger partial charge in [-0.1, -0.05) is 37.8 Å². The largest absolute Gasteiger partial charge is 0.495 e. The topological polar surface area (TPSA) is 30.5 Å². The van der Waals surface area contributed by atoms with Crippen LogP contribution in [0.2, 0.25) is 5.02 Å². The second-order valence-corrected chi connectivity index (χ2v) is 4.58. The normalized spacial score (nSPS) is 10.2. The van der Waals surface area contributed by atoms with Crippen molar-refractivity contribution in [2.24, 2.45) is 0 Å². The van der Waals surface area contributed by atoms with E-state index in [2.05, 4.69) is 12.2 Å². The summed E-state index contributed by atoms with van der Waals surface area (Å²) in [7, 11) is 3.24. The molecule has 0 heterocycles. The van der Waals surface area contributed by atoms with Crippen molar-refractivity contribution in [1.29, 1.82) is 0 Å². The highest BCUT2D eigenvalue weighted by atomic mass is 35.5. The molecule has 0 bridgehead atoms. The number of ether oxygens (including phenoxy) is 2. The third-order valence-corrected chi connectivity index (χ3v) is 3.12. The highest BCUT2D eigenvalue weighted by molar-refractivity contribution is 6.32. The molecule has 1 aromatic rings. The molecular weight excluding hydrogens is 250 g/mol. The Bertz CT molecular complexity index is 369. The van der Waals surface area contributed by atoms with Gasteiger partial charge < -0.3 is 14.8 Å². The van der Waals surface area contributed by atoms with Crippen LogP contribution in [0.1, 0.15) is 32.6 Å². The SMILES string of the molecule is CCCCCCNc1cc(Cl)c(OC)cc1OC. The molecule has 18 heavy (non-hydrogen) atoms. The maximum Gasteiger partial charge on any atom is 0.145 e. The number of methoxy groups -OCH3 is 2. The summed E-state index contributed by atoms with van der Waals surface area (Å²) in [6, 6.07) is 3.65. The summed E-state index contributed by atoms with van der Waals surface area (Å²) < 4.78 is 10.5. The standard InChI is InChI=1S/C14H22ClNO2/c1-4-5-6-7-8-16-12-9-11(15)13(17-2)10-14(12)18-3/h9-10,16H,4-8H2,1-3H3. The molecule has 4 heteroatoms. The first-order chi connectivity index (χ1) is 8.72. The third-order valence-electron chi connectivity index (χ3n) is 2.82. The van der Waals surface area contributed by atoms with Crippen LogP contribution in [-0.4, -0.2) is 20.8 Å². The molecule has 0 spiro atoms. The molecule has 0 aromatic heterocycles. The maximum absolute atomic E-state index is 6.10. The quantitative estimate of drug-likeness (QED) is 0.713. The molecule has 1 aromatic carbocycles. The minimum absolute atomic E-state index is 0.592. The number of unbranched alkanes of at least 4 members (excludes halogenated alkanes) is 3. The predicted molar refractivity (Wildman–Crippen MR) is 77.2 cm³/mol. The first kappa shape index (κ1) is 15.0. The lowest BCUT2D eigenvalue weighted by atomic mass is 10.2. The zero-order valence-electron chi connectivity index (χ0n) is 11.4. The van der Waals surface area contributed by atoms with Crippen LogP contribution >= 0.6 is 11.6 Å². The summed E-state index contributed by atoms with van der Waals surface area (Å²) >= 11 is 6.10. The van der Waals surface area contributed by atoms with E-state index in [-0.39, 0.29) is 0 Å². The number of nitrogens with one attached hydrogen (secondary N) is 1. The van der Waals surface area contributed by atoms with Crippen LogP contribution in [0.15, 0.2) is 12.1 Å². The van der Waals surface area contributed by atoms with Crippen LogP contribution in [-0.2, 0) is 0 Å². The smallest absolute Gasteiger partial charge is 0.145 e.